The number of fused-ring (bicyclic) bond motifs is 1. The Morgan fingerprint density at radius 1 is 1.03 bits per heavy atom. The van der Waals surface area contributed by atoms with Crippen LogP contribution in [-0.4, -0.2) is 56.7 Å². The van der Waals surface area contributed by atoms with Crippen LogP contribution in [0.3, 0.4) is 0 Å². The molecule has 0 aliphatic carbocycles. The molecule has 1 aliphatic rings. The number of amides is 1. The zero-order valence-electron chi connectivity index (χ0n) is 22.9. The van der Waals surface area contributed by atoms with Crippen molar-refractivity contribution in [3.63, 3.8) is 0 Å². The van der Waals surface area contributed by atoms with Gasteiger partial charge in [0.25, 0.3) is 0 Å². The quantitative estimate of drug-likeness (QED) is 0.397. The van der Waals surface area contributed by atoms with Gasteiger partial charge < -0.3 is 9.80 Å². The molecule has 1 aromatic carbocycles. The Morgan fingerprint density at radius 3 is 2.36 bits per heavy atom. The topological polar surface area (TPSA) is 67.2 Å². The fourth-order valence-electron chi connectivity index (χ4n) is 5.40. The van der Waals surface area contributed by atoms with E-state index in [0.717, 1.165) is 73.8 Å². The summed E-state index contributed by atoms with van der Waals surface area (Å²) in [7, 11) is 0. The third kappa shape index (κ3) is 6.05. The standard InChI is InChI=1S/C29H42N6O/c1-7-11-22(3)26-31-27(24-20-30-35(28(24)32-26)23-12-9-8-10-13-23)34-16-14-33(15-17-34)25(36)18-21(2)19-29(4,5)6/h8-10,12-13,20-22H,7,11,14-19H2,1-6H3. The molecule has 0 bridgehead atoms. The van der Waals surface area contributed by atoms with E-state index in [1.807, 2.05) is 34.0 Å². The normalized spacial score (nSPS) is 16.4. The second-order valence-corrected chi connectivity index (χ2v) is 11.7. The van der Waals surface area contributed by atoms with Crippen molar-refractivity contribution < 1.29 is 4.79 Å². The molecule has 4 rings (SSSR count). The minimum absolute atomic E-state index is 0.244. The van der Waals surface area contributed by atoms with Gasteiger partial charge in [-0.15, -0.1) is 0 Å². The summed E-state index contributed by atoms with van der Waals surface area (Å²) in [6, 6.07) is 10.1. The van der Waals surface area contributed by atoms with Gasteiger partial charge in [0.1, 0.15) is 11.6 Å². The molecule has 1 amide bonds. The van der Waals surface area contributed by atoms with Gasteiger partial charge in [-0.05, 0) is 36.3 Å². The molecule has 2 atom stereocenters. The number of hydrogen-bond donors (Lipinski definition) is 0. The highest BCUT2D eigenvalue weighted by atomic mass is 16.2. The lowest BCUT2D eigenvalue weighted by atomic mass is 9.84. The van der Waals surface area contributed by atoms with Crippen LogP contribution in [0.4, 0.5) is 5.82 Å². The van der Waals surface area contributed by atoms with Crippen LogP contribution in [0.15, 0.2) is 36.5 Å². The Bertz CT molecular complexity index is 1160. The van der Waals surface area contributed by atoms with Crippen LogP contribution >= 0.6 is 0 Å². The Balaban J connectivity index is 1.56. The van der Waals surface area contributed by atoms with E-state index in [1.54, 1.807) is 0 Å². The van der Waals surface area contributed by atoms with Gasteiger partial charge in [-0.3, -0.25) is 4.79 Å². The number of benzene rings is 1. The van der Waals surface area contributed by atoms with Gasteiger partial charge in [-0.25, -0.2) is 14.6 Å². The van der Waals surface area contributed by atoms with E-state index in [2.05, 4.69) is 58.6 Å². The van der Waals surface area contributed by atoms with Crippen molar-refractivity contribution in [3.8, 4) is 5.69 Å². The SMILES string of the molecule is CCCC(C)c1nc(N2CCN(C(=O)CC(C)CC(C)(C)C)CC2)c2cnn(-c3ccccc3)c2n1. The molecule has 0 saturated carbocycles. The second-order valence-electron chi connectivity index (χ2n) is 11.7. The van der Waals surface area contributed by atoms with Crippen LogP contribution < -0.4 is 4.90 Å². The van der Waals surface area contributed by atoms with E-state index in [-0.39, 0.29) is 17.2 Å². The molecule has 0 spiro atoms. The molecule has 36 heavy (non-hydrogen) atoms. The average molecular weight is 491 g/mol. The number of hydrogen-bond acceptors (Lipinski definition) is 5. The summed E-state index contributed by atoms with van der Waals surface area (Å²) in [5.74, 6) is 2.74. The van der Waals surface area contributed by atoms with Crippen molar-refractivity contribution in [2.75, 3.05) is 31.1 Å². The molecule has 194 valence electrons. The van der Waals surface area contributed by atoms with Crippen molar-refractivity contribution in [2.45, 2.75) is 73.1 Å². The highest BCUT2D eigenvalue weighted by Gasteiger charge is 2.27. The van der Waals surface area contributed by atoms with Gasteiger partial charge in [0.2, 0.25) is 5.91 Å². The summed E-state index contributed by atoms with van der Waals surface area (Å²) in [6.07, 6.45) is 5.70. The van der Waals surface area contributed by atoms with Crippen LogP contribution in [0.5, 0.6) is 0 Å². The first-order valence-electron chi connectivity index (χ1n) is 13.5. The number of rotatable bonds is 8. The summed E-state index contributed by atoms with van der Waals surface area (Å²) in [6.45, 7) is 16.3. The van der Waals surface area contributed by atoms with Gasteiger partial charge in [0, 0.05) is 38.5 Å². The molecular formula is C29H42N6O. The van der Waals surface area contributed by atoms with Crippen molar-refractivity contribution in [1.82, 2.24) is 24.6 Å². The maximum atomic E-state index is 13.0. The zero-order chi connectivity index (χ0) is 25.9. The number of anilines is 1. The molecule has 1 saturated heterocycles. The van der Waals surface area contributed by atoms with E-state index >= 15 is 0 Å². The molecule has 0 radical (unpaired) electrons. The average Bonchev–Trinajstić information content (AvgIpc) is 3.27. The van der Waals surface area contributed by atoms with Gasteiger partial charge in [-0.1, -0.05) is 66.2 Å². The fraction of sp³-hybridized carbons (Fsp3) is 0.586. The molecule has 2 unspecified atom stereocenters. The summed E-state index contributed by atoms with van der Waals surface area (Å²) in [4.78, 5) is 27.4. The van der Waals surface area contributed by atoms with Crippen molar-refractivity contribution in [1.29, 1.82) is 0 Å². The first kappa shape index (κ1) is 26.1. The van der Waals surface area contributed by atoms with Gasteiger partial charge in [0.15, 0.2) is 5.65 Å². The number of para-hydroxylation sites is 1. The summed E-state index contributed by atoms with van der Waals surface area (Å²) < 4.78 is 1.92. The summed E-state index contributed by atoms with van der Waals surface area (Å²) in [5, 5.41) is 5.66. The van der Waals surface area contributed by atoms with Crippen LogP contribution in [0, 0.1) is 11.3 Å². The van der Waals surface area contributed by atoms with E-state index < -0.39 is 0 Å². The van der Waals surface area contributed by atoms with Gasteiger partial charge >= 0.3 is 0 Å². The van der Waals surface area contributed by atoms with Crippen LogP contribution in [0.1, 0.15) is 79.0 Å². The molecule has 7 heteroatoms. The van der Waals surface area contributed by atoms with Crippen LogP contribution in [0.25, 0.3) is 16.7 Å². The first-order chi connectivity index (χ1) is 17.2. The molecule has 2 aromatic heterocycles. The molecule has 3 aromatic rings. The van der Waals surface area contributed by atoms with Crippen molar-refractivity contribution in [3.05, 3.63) is 42.4 Å². The lowest BCUT2D eigenvalue weighted by molar-refractivity contribution is -0.132. The molecule has 7 nitrogen and oxygen atoms in total. The third-order valence-electron chi connectivity index (χ3n) is 7.00. The van der Waals surface area contributed by atoms with Gasteiger partial charge in [-0.2, -0.15) is 5.10 Å². The summed E-state index contributed by atoms with van der Waals surface area (Å²) >= 11 is 0. The minimum atomic E-state index is 0.244. The maximum absolute atomic E-state index is 13.0. The van der Waals surface area contributed by atoms with Gasteiger partial charge in [0.05, 0.1) is 17.3 Å². The Morgan fingerprint density at radius 2 is 1.72 bits per heavy atom. The number of carbonyl (C=O) groups is 1. The second kappa shape index (κ2) is 11.0. The number of nitrogens with zero attached hydrogens (tertiary/aromatic N) is 6. The monoisotopic (exact) mass is 490 g/mol. The third-order valence-corrected chi connectivity index (χ3v) is 7.00. The van der Waals surface area contributed by atoms with Crippen molar-refractivity contribution in [2.24, 2.45) is 11.3 Å². The predicted octanol–water partition coefficient (Wildman–Crippen LogP) is 5.83. The lowest BCUT2D eigenvalue weighted by Crippen LogP contribution is -2.49. The largest absolute Gasteiger partial charge is 0.352 e. The highest BCUT2D eigenvalue weighted by molar-refractivity contribution is 5.88. The Kier molecular flexibility index (Phi) is 7.96. The lowest BCUT2D eigenvalue weighted by Gasteiger charge is -2.36. The maximum Gasteiger partial charge on any atom is 0.222 e. The number of carbonyl (C=O) groups excluding carboxylic acids is 1. The first-order valence-corrected chi connectivity index (χ1v) is 13.5. The number of aromatic nitrogens is 4. The highest BCUT2D eigenvalue weighted by Crippen LogP contribution is 2.30. The Labute approximate surface area is 215 Å². The van der Waals surface area contributed by atoms with Crippen LogP contribution in [-0.2, 0) is 4.79 Å². The molecule has 1 aliphatic heterocycles. The van der Waals surface area contributed by atoms with Crippen LogP contribution in [0.2, 0.25) is 0 Å². The fourth-order valence-corrected chi connectivity index (χ4v) is 5.40. The minimum Gasteiger partial charge on any atom is -0.352 e. The molecular weight excluding hydrogens is 448 g/mol. The number of piperazine rings is 1. The van der Waals surface area contributed by atoms with E-state index in [0.29, 0.717) is 12.3 Å². The molecule has 3 heterocycles. The zero-order valence-corrected chi connectivity index (χ0v) is 22.9. The van der Waals surface area contributed by atoms with E-state index in [9.17, 15) is 4.79 Å². The Hall–Kier alpha value is -2.96. The van der Waals surface area contributed by atoms with E-state index in [1.165, 1.54) is 0 Å². The molecule has 0 N–H and O–H groups in total. The smallest absolute Gasteiger partial charge is 0.222 e. The predicted molar refractivity (Wildman–Crippen MR) is 147 cm³/mol. The van der Waals surface area contributed by atoms with Crippen molar-refractivity contribution >= 4 is 22.8 Å². The summed E-state index contributed by atoms with van der Waals surface area (Å²) in [5.41, 5.74) is 2.08. The van der Waals surface area contributed by atoms with E-state index in [4.69, 9.17) is 15.1 Å². The molecule has 1 fully saturated rings.